The molecule has 2 aromatic carbocycles. The molecule has 0 aliphatic heterocycles. The first kappa shape index (κ1) is 18.2. The number of nitro benzene ring substituents is 1. The number of nitro groups is 1. The van der Waals surface area contributed by atoms with Crippen molar-refractivity contribution in [2.75, 3.05) is 6.61 Å². The molecule has 0 radical (unpaired) electrons. The largest absolute Gasteiger partial charge is 0.475 e. The Morgan fingerprint density at radius 3 is 2.32 bits per heavy atom. The van der Waals surface area contributed by atoms with Gasteiger partial charge in [-0.2, -0.15) is 13.2 Å². The van der Waals surface area contributed by atoms with Crippen LogP contribution in [0.25, 0.3) is 0 Å². The number of hydrogen-bond acceptors (Lipinski definition) is 5. The molecule has 0 saturated heterocycles. The summed E-state index contributed by atoms with van der Waals surface area (Å²) in [6.07, 6.45) is -4.44. The molecule has 9 heteroatoms. The minimum absolute atomic E-state index is 0.0843. The van der Waals surface area contributed by atoms with E-state index in [9.17, 15) is 28.1 Å². The summed E-state index contributed by atoms with van der Waals surface area (Å²) >= 11 is 0. The quantitative estimate of drug-likeness (QED) is 0.448. The second-order valence-corrected chi connectivity index (χ2v) is 4.87. The van der Waals surface area contributed by atoms with E-state index < -0.39 is 29.2 Å². The number of para-hydroxylation sites is 2. The van der Waals surface area contributed by atoms with E-state index in [2.05, 4.69) is 0 Å². The number of hydrogen-bond donors (Lipinski definition) is 0. The van der Waals surface area contributed by atoms with Gasteiger partial charge in [-0.25, -0.2) is 4.79 Å². The minimum atomic E-state index is -4.44. The van der Waals surface area contributed by atoms with Crippen LogP contribution in [0, 0.1) is 10.1 Å². The zero-order valence-corrected chi connectivity index (χ0v) is 12.7. The van der Waals surface area contributed by atoms with Gasteiger partial charge in [0.05, 0.1) is 10.5 Å². The van der Waals surface area contributed by atoms with Gasteiger partial charge in [0, 0.05) is 6.07 Å². The number of carbonyl (C=O) groups is 1. The van der Waals surface area contributed by atoms with E-state index in [4.69, 9.17) is 9.47 Å². The fourth-order valence-corrected chi connectivity index (χ4v) is 1.86. The Labute approximate surface area is 139 Å². The smallest absolute Gasteiger partial charge is 0.416 e. The molecule has 0 saturated carbocycles. The van der Waals surface area contributed by atoms with Crippen molar-refractivity contribution in [3.05, 3.63) is 69.8 Å². The minimum Gasteiger partial charge on any atom is -0.475 e. The van der Waals surface area contributed by atoms with E-state index >= 15 is 0 Å². The van der Waals surface area contributed by atoms with Gasteiger partial charge in [-0.3, -0.25) is 10.1 Å². The highest BCUT2D eigenvalue weighted by atomic mass is 19.4. The summed E-state index contributed by atoms with van der Waals surface area (Å²) < 4.78 is 47.2. The summed E-state index contributed by atoms with van der Waals surface area (Å²) in [4.78, 5) is 21.8. The second-order valence-electron chi connectivity index (χ2n) is 4.87. The predicted octanol–water partition coefficient (Wildman–Crippen LogP) is 3.74. The van der Waals surface area contributed by atoms with Crippen LogP contribution >= 0.6 is 0 Å². The Morgan fingerprint density at radius 2 is 1.72 bits per heavy atom. The van der Waals surface area contributed by atoms with Gasteiger partial charge in [-0.15, -0.1) is 0 Å². The second kappa shape index (κ2) is 7.65. The summed E-state index contributed by atoms with van der Waals surface area (Å²) in [5.74, 6) is -0.892. The molecule has 0 aromatic heterocycles. The fourth-order valence-electron chi connectivity index (χ4n) is 1.86. The molecule has 25 heavy (non-hydrogen) atoms. The topological polar surface area (TPSA) is 78.7 Å². The van der Waals surface area contributed by atoms with Crippen LogP contribution in [0.3, 0.4) is 0 Å². The summed E-state index contributed by atoms with van der Waals surface area (Å²) in [7, 11) is 0. The van der Waals surface area contributed by atoms with Crippen LogP contribution < -0.4 is 4.74 Å². The molecule has 0 bridgehead atoms. The Kier molecular flexibility index (Phi) is 5.58. The maximum absolute atomic E-state index is 12.4. The third-order valence-electron chi connectivity index (χ3n) is 3.09. The van der Waals surface area contributed by atoms with Crippen LogP contribution in [-0.2, 0) is 22.3 Å². The standard InChI is InChI=1S/C16H12F3NO5/c17-16(18,19)12-7-5-11(6-8-12)9-25-15(21)10-24-14-4-2-1-3-13(14)20(22)23/h1-8H,9-10H2. The van der Waals surface area contributed by atoms with Crippen molar-refractivity contribution in [3.63, 3.8) is 0 Å². The van der Waals surface area contributed by atoms with Crippen molar-refractivity contribution in [1.82, 2.24) is 0 Å². The van der Waals surface area contributed by atoms with Crippen LogP contribution in [0.15, 0.2) is 48.5 Å². The van der Waals surface area contributed by atoms with E-state index in [0.717, 1.165) is 12.1 Å². The number of ether oxygens (including phenoxy) is 2. The van der Waals surface area contributed by atoms with Gasteiger partial charge in [0.15, 0.2) is 12.4 Å². The molecule has 0 amide bonds. The molecule has 132 valence electrons. The molecular formula is C16H12F3NO5. The average molecular weight is 355 g/mol. The van der Waals surface area contributed by atoms with Crippen molar-refractivity contribution < 1.29 is 32.4 Å². The molecule has 0 aliphatic rings. The molecule has 2 aromatic rings. The zero-order valence-electron chi connectivity index (χ0n) is 12.7. The van der Waals surface area contributed by atoms with Gasteiger partial charge in [0.25, 0.3) is 0 Å². The molecule has 2 rings (SSSR count). The highest BCUT2D eigenvalue weighted by Crippen LogP contribution is 2.29. The molecule has 0 N–H and O–H groups in total. The van der Waals surface area contributed by atoms with Crippen LogP contribution in [-0.4, -0.2) is 17.5 Å². The predicted molar refractivity (Wildman–Crippen MR) is 79.8 cm³/mol. The van der Waals surface area contributed by atoms with Gasteiger partial charge >= 0.3 is 17.8 Å². The first-order valence-corrected chi connectivity index (χ1v) is 6.95. The monoisotopic (exact) mass is 355 g/mol. The molecule has 0 spiro atoms. The lowest BCUT2D eigenvalue weighted by Gasteiger charge is -2.09. The third kappa shape index (κ3) is 5.20. The summed E-state index contributed by atoms with van der Waals surface area (Å²) in [5, 5.41) is 10.8. The lowest BCUT2D eigenvalue weighted by Crippen LogP contribution is -2.15. The van der Waals surface area contributed by atoms with Crippen LogP contribution in [0.4, 0.5) is 18.9 Å². The number of nitrogens with zero attached hydrogens (tertiary/aromatic N) is 1. The molecule has 0 atom stereocenters. The summed E-state index contributed by atoms with van der Waals surface area (Å²) in [5.41, 5.74) is -0.729. The summed E-state index contributed by atoms with van der Waals surface area (Å²) in [6, 6.07) is 9.67. The highest BCUT2D eigenvalue weighted by Gasteiger charge is 2.29. The van der Waals surface area contributed by atoms with Crippen molar-refractivity contribution in [1.29, 1.82) is 0 Å². The Bertz CT molecular complexity index is 759. The normalized spacial score (nSPS) is 11.0. The first-order valence-electron chi connectivity index (χ1n) is 6.95. The average Bonchev–Trinajstić information content (AvgIpc) is 2.58. The molecule has 0 fully saturated rings. The number of alkyl halides is 3. The molecule has 0 heterocycles. The lowest BCUT2D eigenvalue weighted by atomic mass is 10.1. The van der Waals surface area contributed by atoms with Crippen molar-refractivity contribution >= 4 is 11.7 Å². The van der Waals surface area contributed by atoms with Gasteiger partial charge in [-0.1, -0.05) is 24.3 Å². The van der Waals surface area contributed by atoms with E-state index in [1.165, 1.54) is 36.4 Å². The number of benzene rings is 2. The number of carbonyl (C=O) groups excluding carboxylic acids is 1. The molecule has 6 nitrogen and oxygen atoms in total. The lowest BCUT2D eigenvalue weighted by molar-refractivity contribution is -0.385. The van der Waals surface area contributed by atoms with Gasteiger partial charge in [0.1, 0.15) is 6.61 Å². The number of rotatable bonds is 6. The number of esters is 1. The van der Waals surface area contributed by atoms with Crippen LogP contribution in [0.1, 0.15) is 11.1 Å². The maximum Gasteiger partial charge on any atom is 0.416 e. The maximum atomic E-state index is 12.4. The Morgan fingerprint density at radius 1 is 1.08 bits per heavy atom. The van der Waals surface area contributed by atoms with Crippen LogP contribution in [0.2, 0.25) is 0 Å². The van der Waals surface area contributed by atoms with Crippen molar-refractivity contribution in [3.8, 4) is 5.75 Å². The first-order chi connectivity index (χ1) is 11.8. The molecular weight excluding hydrogens is 343 g/mol. The van der Waals surface area contributed by atoms with Gasteiger partial charge in [-0.05, 0) is 23.8 Å². The van der Waals surface area contributed by atoms with E-state index in [1.807, 2.05) is 0 Å². The SMILES string of the molecule is O=C(COc1ccccc1[N+](=O)[O-])OCc1ccc(C(F)(F)F)cc1. The molecule has 0 aliphatic carbocycles. The fraction of sp³-hybridized carbons (Fsp3) is 0.188. The highest BCUT2D eigenvalue weighted by molar-refractivity contribution is 5.71. The molecule has 0 unspecified atom stereocenters. The Hall–Kier alpha value is -3.10. The van der Waals surface area contributed by atoms with Gasteiger partial charge in [0.2, 0.25) is 0 Å². The van der Waals surface area contributed by atoms with Crippen molar-refractivity contribution in [2.24, 2.45) is 0 Å². The number of halogens is 3. The van der Waals surface area contributed by atoms with Crippen molar-refractivity contribution in [2.45, 2.75) is 12.8 Å². The summed E-state index contributed by atoms with van der Waals surface area (Å²) in [6.45, 7) is -0.803. The zero-order chi connectivity index (χ0) is 18.4. The van der Waals surface area contributed by atoms with Gasteiger partial charge < -0.3 is 9.47 Å². The third-order valence-corrected chi connectivity index (χ3v) is 3.09. The van der Waals surface area contributed by atoms with Crippen LogP contribution in [0.5, 0.6) is 5.75 Å². The van der Waals surface area contributed by atoms with E-state index in [1.54, 1.807) is 0 Å². The van der Waals surface area contributed by atoms with E-state index in [-0.39, 0.29) is 18.0 Å². The van der Waals surface area contributed by atoms with E-state index in [0.29, 0.717) is 5.56 Å². The Balaban J connectivity index is 1.86.